The number of nitrogens with one attached hydrogen (secondary N) is 1. The number of aryl methyl sites for hydroxylation is 1. The van der Waals surface area contributed by atoms with Crippen LogP contribution >= 0.6 is 15.9 Å². The number of carbonyl (C=O) groups excluding carboxylic acids is 1. The third kappa shape index (κ3) is 4.33. The third-order valence-corrected chi connectivity index (χ3v) is 4.34. The van der Waals surface area contributed by atoms with Crippen molar-refractivity contribution < 1.29 is 9.53 Å². The molecule has 0 heterocycles. The molecule has 1 N–H and O–H groups in total. The number of para-hydroxylation sites is 1. The van der Waals surface area contributed by atoms with Gasteiger partial charge >= 0.3 is 0 Å². The van der Waals surface area contributed by atoms with Gasteiger partial charge in [0.15, 0.2) is 5.78 Å². The van der Waals surface area contributed by atoms with E-state index in [1.807, 2.05) is 79.7 Å². The van der Waals surface area contributed by atoms with Gasteiger partial charge in [-0.3, -0.25) is 4.79 Å². The van der Waals surface area contributed by atoms with Gasteiger partial charge in [-0.15, -0.1) is 0 Å². The zero-order valence-corrected chi connectivity index (χ0v) is 16.1. The van der Waals surface area contributed by atoms with Gasteiger partial charge in [0.2, 0.25) is 0 Å². The van der Waals surface area contributed by atoms with Crippen LogP contribution in [0.15, 0.2) is 72.8 Å². The summed E-state index contributed by atoms with van der Waals surface area (Å²) in [6, 6.07) is 22.9. The van der Waals surface area contributed by atoms with Crippen LogP contribution in [0.3, 0.4) is 0 Å². The first-order chi connectivity index (χ1) is 12.7. The molecule has 3 nitrogen and oxygen atoms in total. The summed E-state index contributed by atoms with van der Waals surface area (Å²) in [6.45, 7) is 2.56. The van der Waals surface area contributed by atoms with Crippen LogP contribution in [-0.4, -0.2) is 17.7 Å². The molecule has 0 saturated carbocycles. The fraction of sp³-hybridized carbons (Fsp3) is 0.136. The van der Waals surface area contributed by atoms with E-state index in [2.05, 4.69) is 21.2 Å². The lowest BCUT2D eigenvalue weighted by Gasteiger charge is -2.13. The van der Waals surface area contributed by atoms with Crippen molar-refractivity contribution in [3.8, 4) is 5.75 Å². The summed E-state index contributed by atoms with van der Waals surface area (Å²) < 4.78 is 5.64. The first kappa shape index (κ1) is 18.2. The smallest absolute Gasteiger partial charge is 0.195 e. The Labute approximate surface area is 162 Å². The Morgan fingerprint density at radius 1 is 0.962 bits per heavy atom. The van der Waals surface area contributed by atoms with E-state index in [9.17, 15) is 4.79 Å². The van der Waals surface area contributed by atoms with Crippen molar-refractivity contribution in [3.05, 3.63) is 89.5 Å². The molecular formula is C22H20BrNO2. The van der Waals surface area contributed by atoms with Crippen LogP contribution in [0.4, 0.5) is 11.4 Å². The second-order valence-electron chi connectivity index (χ2n) is 5.88. The number of anilines is 2. The van der Waals surface area contributed by atoms with E-state index in [-0.39, 0.29) is 5.78 Å². The molecular weight excluding hydrogens is 390 g/mol. The van der Waals surface area contributed by atoms with Gasteiger partial charge in [-0.25, -0.2) is 0 Å². The lowest BCUT2D eigenvalue weighted by atomic mass is 9.98. The van der Waals surface area contributed by atoms with E-state index in [4.69, 9.17) is 4.74 Å². The van der Waals surface area contributed by atoms with Gasteiger partial charge in [0.05, 0.1) is 6.61 Å². The Hall–Kier alpha value is -2.59. The Bertz CT molecular complexity index is 908. The van der Waals surface area contributed by atoms with E-state index in [1.54, 1.807) is 0 Å². The highest BCUT2D eigenvalue weighted by molar-refractivity contribution is 9.09. The van der Waals surface area contributed by atoms with Gasteiger partial charge in [0, 0.05) is 33.9 Å². The fourth-order valence-corrected chi connectivity index (χ4v) is 2.90. The molecule has 0 aliphatic rings. The molecule has 0 atom stereocenters. The monoisotopic (exact) mass is 409 g/mol. The van der Waals surface area contributed by atoms with Crippen molar-refractivity contribution in [3.63, 3.8) is 0 Å². The number of carbonyl (C=O) groups is 1. The van der Waals surface area contributed by atoms with Gasteiger partial charge in [0.1, 0.15) is 5.75 Å². The predicted molar refractivity (Wildman–Crippen MR) is 110 cm³/mol. The van der Waals surface area contributed by atoms with E-state index >= 15 is 0 Å². The predicted octanol–water partition coefficient (Wildman–Crippen LogP) is 5.74. The van der Waals surface area contributed by atoms with Gasteiger partial charge in [-0.05, 0) is 36.8 Å². The normalized spacial score (nSPS) is 10.4. The zero-order chi connectivity index (χ0) is 18.4. The highest BCUT2D eigenvalue weighted by Crippen LogP contribution is 2.26. The maximum atomic E-state index is 13.0. The van der Waals surface area contributed by atoms with Crippen molar-refractivity contribution in [2.45, 2.75) is 6.92 Å². The number of hydrogen-bond acceptors (Lipinski definition) is 3. The molecule has 132 valence electrons. The Balaban J connectivity index is 1.88. The highest BCUT2D eigenvalue weighted by Gasteiger charge is 2.15. The van der Waals surface area contributed by atoms with E-state index in [1.165, 1.54) is 0 Å². The molecule has 0 amide bonds. The molecule has 0 aliphatic heterocycles. The van der Waals surface area contributed by atoms with E-state index < -0.39 is 0 Å². The Morgan fingerprint density at radius 2 is 1.69 bits per heavy atom. The molecule has 0 fully saturated rings. The molecule has 0 aliphatic carbocycles. The SMILES string of the molecule is Cc1ccccc1C(=O)c1ccccc1Nc1cccc(OCCBr)c1. The summed E-state index contributed by atoms with van der Waals surface area (Å²) in [7, 11) is 0. The summed E-state index contributed by atoms with van der Waals surface area (Å²) in [4.78, 5) is 13.0. The molecule has 4 heteroatoms. The molecule has 0 radical (unpaired) electrons. The molecule has 3 rings (SSSR count). The summed E-state index contributed by atoms with van der Waals surface area (Å²) in [5, 5.41) is 4.12. The Kier molecular flexibility index (Phi) is 6.08. The largest absolute Gasteiger partial charge is 0.493 e. The number of halogens is 1. The van der Waals surface area contributed by atoms with Crippen LogP contribution in [-0.2, 0) is 0 Å². The van der Waals surface area contributed by atoms with E-state index in [0.29, 0.717) is 12.2 Å². The van der Waals surface area contributed by atoms with Gasteiger partial charge < -0.3 is 10.1 Å². The quantitative estimate of drug-likeness (QED) is 0.399. The fourth-order valence-electron chi connectivity index (χ4n) is 2.74. The van der Waals surface area contributed by atoms with Crippen LogP contribution in [0.25, 0.3) is 0 Å². The Morgan fingerprint density at radius 3 is 2.46 bits per heavy atom. The average molecular weight is 410 g/mol. The summed E-state index contributed by atoms with van der Waals surface area (Å²) in [6.07, 6.45) is 0. The minimum absolute atomic E-state index is 0.0119. The van der Waals surface area contributed by atoms with Crippen molar-refractivity contribution in [2.75, 3.05) is 17.3 Å². The first-order valence-electron chi connectivity index (χ1n) is 8.44. The summed E-state index contributed by atoms with van der Waals surface area (Å²) in [5.41, 5.74) is 3.99. The van der Waals surface area contributed by atoms with Crippen molar-refractivity contribution in [1.82, 2.24) is 0 Å². The van der Waals surface area contributed by atoms with Gasteiger partial charge in [-0.2, -0.15) is 0 Å². The zero-order valence-electron chi connectivity index (χ0n) is 14.5. The number of ether oxygens (including phenoxy) is 1. The molecule has 0 spiro atoms. The van der Waals surface area contributed by atoms with Gasteiger partial charge in [-0.1, -0.05) is 58.4 Å². The lowest BCUT2D eigenvalue weighted by Crippen LogP contribution is -2.07. The third-order valence-electron chi connectivity index (χ3n) is 4.02. The van der Waals surface area contributed by atoms with Crippen molar-refractivity contribution >= 4 is 33.1 Å². The van der Waals surface area contributed by atoms with E-state index in [0.717, 1.165) is 33.6 Å². The van der Waals surface area contributed by atoms with Crippen LogP contribution < -0.4 is 10.1 Å². The maximum absolute atomic E-state index is 13.0. The van der Waals surface area contributed by atoms with Crippen LogP contribution in [0.5, 0.6) is 5.75 Å². The van der Waals surface area contributed by atoms with Crippen molar-refractivity contribution in [1.29, 1.82) is 0 Å². The molecule has 3 aromatic carbocycles. The molecule has 0 unspecified atom stereocenters. The lowest BCUT2D eigenvalue weighted by molar-refractivity contribution is 0.103. The number of hydrogen-bond donors (Lipinski definition) is 1. The number of benzene rings is 3. The highest BCUT2D eigenvalue weighted by atomic mass is 79.9. The topological polar surface area (TPSA) is 38.3 Å². The number of ketones is 1. The number of rotatable bonds is 7. The van der Waals surface area contributed by atoms with Crippen LogP contribution in [0, 0.1) is 6.92 Å². The van der Waals surface area contributed by atoms with Crippen molar-refractivity contribution in [2.24, 2.45) is 0 Å². The molecule has 26 heavy (non-hydrogen) atoms. The molecule has 3 aromatic rings. The second-order valence-corrected chi connectivity index (χ2v) is 6.67. The minimum atomic E-state index is 0.0119. The minimum Gasteiger partial charge on any atom is -0.493 e. The molecule has 0 aromatic heterocycles. The number of alkyl halides is 1. The molecule has 0 bridgehead atoms. The average Bonchev–Trinajstić information content (AvgIpc) is 2.67. The summed E-state index contributed by atoms with van der Waals surface area (Å²) >= 11 is 3.35. The first-order valence-corrected chi connectivity index (χ1v) is 9.56. The standard InChI is InChI=1S/C22H20BrNO2/c1-16-7-2-3-10-19(16)22(25)20-11-4-5-12-21(20)24-17-8-6-9-18(15-17)26-14-13-23/h2-12,15,24H,13-14H2,1H3. The summed E-state index contributed by atoms with van der Waals surface area (Å²) in [5.74, 6) is 0.801. The van der Waals surface area contributed by atoms with Gasteiger partial charge in [0.25, 0.3) is 0 Å². The second kappa shape index (κ2) is 8.68. The van der Waals surface area contributed by atoms with Crippen LogP contribution in [0.2, 0.25) is 0 Å². The maximum Gasteiger partial charge on any atom is 0.195 e. The van der Waals surface area contributed by atoms with Crippen LogP contribution in [0.1, 0.15) is 21.5 Å². The molecule has 0 saturated heterocycles.